The number of hydrogen-bond donors (Lipinski definition) is 1. The van der Waals surface area contributed by atoms with Crippen LogP contribution in [-0.2, 0) is 10.8 Å². The number of hydrogen-bond acceptors (Lipinski definition) is 2. The largest absolute Gasteiger partial charge is 0.353 e. The van der Waals surface area contributed by atoms with Crippen molar-refractivity contribution >= 4 is 21.8 Å². The molecular formula is C48H41N3. The predicted octanol–water partition coefficient (Wildman–Crippen LogP) is 13.0. The van der Waals surface area contributed by atoms with Gasteiger partial charge in [-0.15, -0.1) is 0 Å². The fourth-order valence-corrected chi connectivity index (χ4v) is 7.45. The summed E-state index contributed by atoms with van der Waals surface area (Å²) in [5, 5.41) is 2.47. The van der Waals surface area contributed by atoms with Crippen LogP contribution in [0, 0.1) is 0 Å². The molecule has 0 radical (unpaired) electrons. The molecule has 0 amide bonds. The van der Waals surface area contributed by atoms with Crippen molar-refractivity contribution in [3.8, 4) is 67.3 Å². The molecule has 1 aliphatic heterocycles. The molecule has 9 rings (SSSR count). The Hall–Kier alpha value is -5.80. The van der Waals surface area contributed by atoms with Crippen molar-refractivity contribution in [1.82, 2.24) is 15.0 Å². The maximum Gasteiger partial charge on any atom is 0.0893 e. The zero-order valence-corrected chi connectivity index (χ0v) is 30.1. The standard InChI is InChI=1S/C48H41N3/c1-47(2,3)35-25-37-33-22-32(31-20-18-30(19-21-31)29-12-8-7-9-13-29)23-34(24-33)41-14-10-16-43(49-41)44-17-11-15-42(50-44)40-28-36(48(4,5)6)27-39-38(26-35)45(37)51-46(39)40/h7-28,51H,1-6H3. The number of H-pyrrole nitrogens is 1. The van der Waals surface area contributed by atoms with Gasteiger partial charge in [-0.25, -0.2) is 9.97 Å². The summed E-state index contributed by atoms with van der Waals surface area (Å²) < 4.78 is 0. The Kier molecular flexibility index (Phi) is 6.95. The lowest BCUT2D eigenvalue weighted by Gasteiger charge is -2.22. The summed E-state index contributed by atoms with van der Waals surface area (Å²) in [6.45, 7) is 13.8. The Labute approximate surface area is 300 Å². The highest BCUT2D eigenvalue weighted by molar-refractivity contribution is 6.16. The second-order valence-corrected chi connectivity index (χ2v) is 16.1. The summed E-state index contributed by atoms with van der Waals surface area (Å²) in [7, 11) is 0. The summed E-state index contributed by atoms with van der Waals surface area (Å²) >= 11 is 0. The van der Waals surface area contributed by atoms with Crippen molar-refractivity contribution < 1.29 is 0 Å². The molecule has 51 heavy (non-hydrogen) atoms. The molecule has 0 spiro atoms. The van der Waals surface area contributed by atoms with Crippen molar-refractivity contribution in [2.75, 3.05) is 0 Å². The van der Waals surface area contributed by atoms with Crippen LogP contribution in [0.5, 0.6) is 0 Å². The van der Waals surface area contributed by atoms with E-state index in [1.807, 2.05) is 0 Å². The third-order valence-electron chi connectivity index (χ3n) is 10.5. The van der Waals surface area contributed by atoms with Crippen LogP contribution >= 0.6 is 0 Å². The zero-order chi connectivity index (χ0) is 35.1. The van der Waals surface area contributed by atoms with Crippen LogP contribution in [0.2, 0.25) is 0 Å². The van der Waals surface area contributed by atoms with E-state index in [9.17, 15) is 0 Å². The van der Waals surface area contributed by atoms with E-state index in [0.717, 1.165) is 56.1 Å². The molecule has 3 aromatic heterocycles. The first-order chi connectivity index (χ1) is 24.5. The van der Waals surface area contributed by atoms with Gasteiger partial charge in [-0.2, -0.15) is 0 Å². The molecule has 3 nitrogen and oxygen atoms in total. The Morgan fingerprint density at radius 1 is 0.373 bits per heavy atom. The topological polar surface area (TPSA) is 41.6 Å². The van der Waals surface area contributed by atoms with E-state index in [2.05, 4.69) is 180 Å². The van der Waals surface area contributed by atoms with Gasteiger partial charge in [0.2, 0.25) is 0 Å². The van der Waals surface area contributed by atoms with Gasteiger partial charge in [-0.3, -0.25) is 0 Å². The summed E-state index contributed by atoms with van der Waals surface area (Å²) in [5.74, 6) is 0. The average Bonchev–Trinajstić information content (AvgIpc) is 3.52. The van der Waals surface area contributed by atoms with Crippen molar-refractivity contribution in [3.63, 3.8) is 0 Å². The maximum atomic E-state index is 5.28. The molecule has 0 atom stereocenters. The van der Waals surface area contributed by atoms with Crippen LogP contribution in [0.15, 0.2) is 133 Å². The minimum Gasteiger partial charge on any atom is -0.353 e. The first kappa shape index (κ1) is 31.2. The van der Waals surface area contributed by atoms with Crippen molar-refractivity contribution in [2.45, 2.75) is 52.4 Å². The highest BCUT2D eigenvalue weighted by atomic mass is 14.8. The Balaban J connectivity index is 1.39. The number of nitrogens with one attached hydrogen (secondary N) is 1. The molecule has 8 aromatic rings. The summed E-state index contributed by atoms with van der Waals surface area (Å²) in [6.07, 6.45) is 0. The van der Waals surface area contributed by atoms with Gasteiger partial charge in [0, 0.05) is 27.5 Å². The molecule has 5 aromatic carbocycles. The molecule has 1 N–H and O–H groups in total. The number of nitrogens with zero attached hydrogens (tertiary/aromatic N) is 2. The van der Waals surface area contributed by atoms with E-state index >= 15 is 0 Å². The highest BCUT2D eigenvalue weighted by Crippen LogP contribution is 2.44. The number of aromatic nitrogens is 3. The third kappa shape index (κ3) is 5.45. The molecule has 0 fully saturated rings. The molecular weight excluding hydrogens is 619 g/mol. The quantitative estimate of drug-likeness (QED) is 0.201. The highest BCUT2D eigenvalue weighted by Gasteiger charge is 2.24. The van der Waals surface area contributed by atoms with Crippen LogP contribution in [0.3, 0.4) is 0 Å². The number of benzene rings is 5. The normalized spacial score (nSPS) is 12.5. The van der Waals surface area contributed by atoms with E-state index < -0.39 is 0 Å². The average molecular weight is 660 g/mol. The lowest BCUT2D eigenvalue weighted by atomic mass is 9.82. The van der Waals surface area contributed by atoms with Crippen molar-refractivity contribution in [3.05, 3.63) is 145 Å². The maximum absolute atomic E-state index is 5.28. The first-order valence-electron chi connectivity index (χ1n) is 17.9. The molecule has 1 aliphatic rings. The van der Waals surface area contributed by atoms with Crippen LogP contribution in [0.4, 0.5) is 0 Å². The van der Waals surface area contributed by atoms with Crippen LogP contribution < -0.4 is 0 Å². The molecule has 0 saturated heterocycles. The van der Waals surface area contributed by atoms with Crippen molar-refractivity contribution in [1.29, 1.82) is 0 Å². The molecule has 0 unspecified atom stereocenters. The lowest BCUT2D eigenvalue weighted by molar-refractivity contribution is 0.590. The van der Waals surface area contributed by atoms with E-state index in [0.29, 0.717) is 0 Å². The fourth-order valence-electron chi connectivity index (χ4n) is 7.45. The molecule has 4 heterocycles. The predicted molar refractivity (Wildman–Crippen MR) is 215 cm³/mol. The molecule has 0 aliphatic carbocycles. The molecule has 3 heteroatoms. The van der Waals surface area contributed by atoms with Gasteiger partial charge < -0.3 is 4.98 Å². The SMILES string of the molecule is CC(C)(C)c1cc2c3[nH]c4c(cc(C(C)(C)C)cc4c3c1)-c1cccc(n1)-c1cccc(n1)-c1cc(-c3ccc(-c4ccccc4)cc3)cc-2c1. The molecule has 8 bridgehead atoms. The number of fused-ring (bicyclic) bond motifs is 11. The summed E-state index contributed by atoms with van der Waals surface area (Å²) in [4.78, 5) is 14.5. The number of aromatic amines is 1. The van der Waals surface area contributed by atoms with E-state index in [1.165, 1.54) is 44.2 Å². The van der Waals surface area contributed by atoms with Gasteiger partial charge in [0.1, 0.15) is 0 Å². The Morgan fingerprint density at radius 2 is 0.843 bits per heavy atom. The minimum atomic E-state index is -0.0561. The smallest absolute Gasteiger partial charge is 0.0893 e. The summed E-state index contributed by atoms with van der Waals surface area (Å²) in [6, 6.07) is 48.6. The van der Waals surface area contributed by atoms with Gasteiger partial charge in [0.25, 0.3) is 0 Å². The minimum absolute atomic E-state index is 0.0489. The Bertz CT molecular complexity index is 2630. The summed E-state index contributed by atoms with van der Waals surface area (Å²) in [5.41, 5.74) is 17.6. The van der Waals surface area contributed by atoms with Crippen LogP contribution in [0.25, 0.3) is 89.1 Å². The molecule has 248 valence electrons. The van der Waals surface area contributed by atoms with Crippen molar-refractivity contribution in [2.24, 2.45) is 0 Å². The Morgan fingerprint density at radius 3 is 1.47 bits per heavy atom. The van der Waals surface area contributed by atoms with Gasteiger partial charge in [-0.05, 0) is 117 Å². The van der Waals surface area contributed by atoms with E-state index in [4.69, 9.17) is 9.97 Å². The number of rotatable bonds is 2. The van der Waals surface area contributed by atoms with Crippen LogP contribution in [0.1, 0.15) is 52.7 Å². The van der Waals surface area contributed by atoms with Gasteiger partial charge in [0.15, 0.2) is 0 Å². The molecule has 0 saturated carbocycles. The van der Waals surface area contributed by atoms with Gasteiger partial charge in [0.05, 0.1) is 33.8 Å². The second-order valence-electron chi connectivity index (χ2n) is 16.1. The third-order valence-corrected chi connectivity index (χ3v) is 10.5. The fraction of sp³-hybridized carbons (Fsp3) is 0.167. The van der Waals surface area contributed by atoms with E-state index in [-0.39, 0.29) is 10.8 Å². The number of pyridine rings is 2. The van der Waals surface area contributed by atoms with E-state index in [1.54, 1.807) is 0 Å². The lowest BCUT2D eigenvalue weighted by Crippen LogP contribution is -2.11. The second kappa shape index (κ2) is 11.4. The van der Waals surface area contributed by atoms with Crippen LogP contribution in [-0.4, -0.2) is 15.0 Å². The zero-order valence-electron chi connectivity index (χ0n) is 30.1. The van der Waals surface area contributed by atoms with Gasteiger partial charge >= 0.3 is 0 Å². The first-order valence-corrected chi connectivity index (χ1v) is 17.9. The monoisotopic (exact) mass is 659 g/mol. The van der Waals surface area contributed by atoms with Gasteiger partial charge in [-0.1, -0.05) is 108 Å².